The Morgan fingerprint density at radius 3 is 2.38 bits per heavy atom. The third-order valence-electron chi connectivity index (χ3n) is 6.43. The zero-order valence-electron chi connectivity index (χ0n) is 16.4. The van der Waals surface area contributed by atoms with Crippen molar-refractivity contribution in [1.82, 2.24) is 19.2 Å². The van der Waals surface area contributed by atoms with Gasteiger partial charge in [0.25, 0.3) is 0 Å². The highest BCUT2D eigenvalue weighted by Crippen LogP contribution is 2.44. The van der Waals surface area contributed by atoms with Crippen molar-refractivity contribution in [3.8, 4) is 0 Å². The molecule has 0 bridgehead atoms. The lowest BCUT2D eigenvalue weighted by atomic mass is 9.72. The van der Waals surface area contributed by atoms with E-state index in [0.29, 0.717) is 25.0 Å². The van der Waals surface area contributed by atoms with Gasteiger partial charge in [-0.1, -0.05) is 0 Å². The van der Waals surface area contributed by atoms with Gasteiger partial charge in [0, 0.05) is 50.8 Å². The molecule has 3 aliphatic heterocycles. The molecule has 0 unspecified atom stereocenters. The van der Waals surface area contributed by atoms with Crippen LogP contribution in [0.5, 0.6) is 0 Å². The van der Waals surface area contributed by atoms with Gasteiger partial charge in [-0.15, -0.1) is 0 Å². The molecule has 1 spiro atoms. The molecule has 0 aromatic carbocycles. The van der Waals surface area contributed by atoms with Gasteiger partial charge >= 0.3 is 6.18 Å². The van der Waals surface area contributed by atoms with Gasteiger partial charge in [-0.05, 0) is 32.6 Å². The molecule has 29 heavy (non-hydrogen) atoms. The van der Waals surface area contributed by atoms with Crippen LogP contribution >= 0.6 is 0 Å². The summed E-state index contributed by atoms with van der Waals surface area (Å²) in [6, 6.07) is 0.445. The zero-order valence-corrected chi connectivity index (χ0v) is 17.3. The van der Waals surface area contributed by atoms with Crippen molar-refractivity contribution < 1.29 is 26.3 Å². The molecule has 3 aliphatic rings. The molecule has 1 aromatic heterocycles. The van der Waals surface area contributed by atoms with E-state index in [0.717, 1.165) is 45.3 Å². The molecule has 7 nitrogen and oxygen atoms in total. The smallest absolute Gasteiger partial charge is 0.381 e. The minimum absolute atomic E-state index is 0.0484. The van der Waals surface area contributed by atoms with E-state index in [1.165, 1.54) is 11.2 Å². The lowest BCUT2D eigenvalue weighted by Gasteiger charge is -2.61. The van der Waals surface area contributed by atoms with Crippen molar-refractivity contribution in [1.29, 1.82) is 0 Å². The van der Waals surface area contributed by atoms with E-state index in [1.807, 2.05) is 0 Å². The van der Waals surface area contributed by atoms with Crippen molar-refractivity contribution in [2.24, 2.45) is 11.3 Å². The van der Waals surface area contributed by atoms with Crippen LogP contribution in [0.1, 0.15) is 31.3 Å². The van der Waals surface area contributed by atoms with Crippen LogP contribution in [0.2, 0.25) is 0 Å². The molecule has 1 atom stereocenters. The van der Waals surface area contributed by atoms with Crippen molar-refractivity contribution >= 4 is 10.0 Å². The van der Waals surface area contributed by atoms with E-state index in [9.17, 15) is 21.6 Å². The topological polar surface area (TPSA) is 75.6 Å². The molecule has 0 aliphatic carbocycles. The number of nitrogens with zero attached hydrogens (tertiary/aromatic N) is 4. The van der Waals surface area contributed by atoms with Gasteiger partial charge in [0.1, 0.15) is 4.90 Å². The van der Waals surface area contributed by atoms with E-state index in [4.69, 9.17) is 4.74 Å². The van der Waals surface area contributed by atoms with Gasteiger partial charge < -0.3 is 4.74 Å². The predicted octanol–water partition coefficient (Wildman–Crippen LogP) is 1.93. The highest BCUT2D eigenvalue weighted by molar-refractivity contribution is 7.89. The summed E-state index contributed by atoms with van der Waals surface area (Å²) < 4.78 is 70.6. The van der Waals surface area contributed by atoms with Gasteiger partial charge in [-0.3, -0.25) is 4.90 Å². The summed E-state index contributed by atoms with van der Waals surface area (Å²) in [4.78, 5) is 8.70. The number of likely N-dealkylation sites (tertiary alicyclic amines) is 1. The normalized spacial score (nSPS) is 24.9. The summed E-state index contributed by atoms with van der Waals surface area (Å²) in [5, 5.41) is 0. The number of hydrogen-bond donors (Lipinski definition) is 0. The number of aryl methyl sites for hydroxylation is 1. The Bertz CT molecular complexity index is 873. The Balaban J connectivity index is 1.37. The number of aromatic nitrogens is 2. The molecule has 11 heteroatoms. The van der Waals surface area contributed by atoms with Crippen LogP contribution in [0.15, 0.2) is 11.1 Å². The average Bonchev–Trinajstić information content (AvgIpc) is 2.58. The van der Waals surface area contributed by atoms with Gasteiger partial charge in [-0.2, -0.15) is 17.5 Å². The second kappa shape index (κ2) is 7.14. The van der Waals surface area contributed by atoms with E-state index in [-0.39, 0.29) is 16.0 Å². The van der Waals surface area contributed by atoms with E-state index in [1.54, 1.807) is 0 Å². The maximum atomic E-state index is 12.8. The Morgan fingerprint density at radius 1 is 1.21 bits per heavy atom. The van der Waals surface area contributed by atoms with Gasteiger partial charge in [0.2, 0.25) is 15.8 Å². The lowest BCUT2D eigenvalue weighted by Crippen LogP contribution is -2.74. The molecule has 0 N–H and O–H groups in total. The molecular formula is C18H25F3N4O3S. The third kappa shape index (κ3) is 3.77. The number of ether oxygens (including phenoxy) is 1. The summed E-state index contributed by atoms with van der Waals surface area (Å²) in [6.07, 6.45) is -1.83. The quantitative estimate of drug-likeness (QED) is 0.721. The van der Waals surface area contributed by atoms with Crippen molar-refractivity contribution in [2.75, 3.05) is 39.4 Å². The SMILES string of the molecule is Cc1nc(C(F)(F)F)ncc1S(=O)(=O)N1CC2(CN([C@H](C)C3CCOCC3)C2)C1. The van der Waals surface area contributed by atoms with Crippen LogP contribution in [0.25, 0.3) is 0 Å². The number of alkyl halides is 3. The van der Waals surface area contributed by atoms with E-state index < -0.39 is 22.0 Å². The monoisotopic (exact) mass is 434 g/mol. The Hall–Kier alpha value is -1.30. The standard InChI is InChI=1S/C18H25F3N4O3S/c1-12-15(7-22-16(23-12)18(19,20)21)29(26,27)25-10-17(11-25)8-24(9-17)13(2)14-3-5-28-6-4-14/h7,13-14H,3-6,8-11H2,1-2H3/t13-/m1/s1. The molecule has 4 heterocycles. The molecule has 1 aromatic rings. The van der Waals surface area contributed by atoms with Crippen molar-refractivity contribution in [2.45, 2.75) is 43.8 Å². The second-order valence-corrected chi connectivity index (χ2v) is 10.4. The van der Waals surface area contributed by atoms with Crippen LogP contribution in [-0.4, -0.2) is 73.0 Å². The first-order valence-electron chi connectivity index (χ1n) is 9.75. The van der Waals surface area contributed by atoms with Crippen LogP contribution in [-0.2, 0) is 20.9 Å². The molecule has 3 fully saturated rings. The van der Waals surface area contributed by atoms with Crippen LogP contribution in [0.4, 0.5) is 13.2 Å². The maximum absolute atomic E-state index is 12.8. The zero-order chi connectivity index (χ0) is 21.0. The minimum Gasteiger partial charge on any atom is -0.381 e. The minimum atomic E-state index is -4.70. The van der Waals surface area contributed by atoms with Gasteiger partial charge in [0.05, 0.1) is 11.9 Å². The van der Waals surface area contributed by atoms with Gasteiger partial charge in [-0.25, -0.2) is 18.4 Å². The molecule has 4 rings (SSSR count). The molecular weight excluding hydrogens is 409 g/mol. The Morgan fingerprint density at radius 2 is 1.83 bits per heavy atom. The molecule has 0 amide bonds. The summed E-state index contributed by atoms with van der Waals surface area (Å²) in [5.41, 5.74) is -0.232. The predicted molar refractivity (Wildman–Crippen MR) is 97.5 cm³/mol. The first kappa shape index (κ1) is 21.0. The largest absolute Gasteiger partial charge is 0.451 e. The highest BCUT2D eigenvalue weighted by atomic mass is 32.2. The van der Waals surface area contributed by atoms with E-state index >= 15 is 0 Å². The molecule has 3 saturated heterocycles. The fourth-order valence-corrected chi connectivity index (χ4v) is 6.43. The van der Waals surface area contributed by atoms with Crippen molar-refractivity contribution in [3.05, 3.63) is 17.7 Å². The van der Waals surface area contributed by atoms with E-state index in [2.05, 4.69) is 21.8 Å². The molecule has 162 valence electrons. The highest BCUT2D eigenvalue weighted by Gasteiger charge is 2.56. The van der Waals surface area contributed by atoms with Crippen LogP contribution in [0.3, 0.4) is 0 Å². The third-order valence-corrected chi connectivity index (χ3v) is 8.33. The van der Waals surface area contributed by atoms with Crippen LogP contribution in [0, 0.1) is 18.3 Å². The van der Waals surface area contributed by atoms with Gasteiger partial charge in [0.15, 0.2) is 0 Å². The van der Waals surface area contributed by atoms with Crippen LogP contribution < -0.4 is 0 Å². The molecule has 0 saturated carbocycles. The fourth-order valence-electron chi connectivity index (χ4n) is 4.66. The second-order valence-electron chi connectivity index (χ2n) is 8.51. The summed E-state index contributed by atoms with van der Waals surface area (Å²) in [7, 11) is -3.89. The lowest BCUT2D eigenvalue weighted by molar-refractivity contribution is -0.145. The van der Waals surface area contributed by atoms with Crippen molar-refractivity contribution in [3.63, 3.8) is 0 Å². The Labute approximate surface area is 168 Å². The first-order chi connectivity index (χ1) is 13.5. The Kier molecular flexibility index (Phi) is 5.16. The average molecular weight is 434 g/mol. The fraction of sp³-hybridized carbons (Fsp3) is 0.778. The number of rotatable bonds is 4. The summed E-state index contributed by atoms with van der Waals surface area (Å²) in [6.45, 7) is 7.54. The maximum Gasteiger partial charge on any atom is 0.451 e. The molecule has 0 radical (unpaired) electrons. The summed E-state index contributed by atoms with van der Waals surface area (Å²) in [5.74, 6) is -0.723. The number of halogens is 3. The summed E-state index contributed by atoms with van der Waals surface area (Å²) >= 11 is 0. The number of sulfonamides is 1. The first-order valence-corrected chi connectivity index (χ1v) is 11.2. The number of hydrogen-bond acceptors (Lipinski definition) is 6.